The van der Waals surface area contributed by atoms with Gasteiger partial charge in [-0.15, -0.1) is 0 Å². The van der Waals surface area contributed by atoms with Gasteiger partial charge in [0.15, 0.2) is 6.29 Å². The highest BCUT2D eigenvalue weighted by atomic mass is 16.5. The number of aliphatic hydroxyl groups is 1. The van der Waals surface area contributed by atoms with Gasteiger partial charge in [0, 0.05) is 12.7 Å². The van der Waals surface area contributed by atoms with E-state index in [4.69, 9.17) is 14.2 Å². The quantitative estimate of drug-likeness (QED) is 0.665. The summed E-state index contributed by atoms with van der Waals surface area (Å²) in [5, 5.41) is 9.65. The fraction of sp³-hybridized carbons (Fsp3) is 0.533. The van der Waals surface area contributed by atoms with Crippen LogP contribution in [0.5, 0.6) is 11.5 Å². The van der Waals surface area contributed by atoms with E-state index < -0.39 is 6.10 Å². The van der Waals surface area contributed by atoms with E-state index in [1.165, 1.54) is 0 Å². The van der Waals surface area contributed by atoms with Crippen LogP contribution in [0.25, 0.3) is 0 Å². The van der Waals surface area contributed by atoms with Crippen molar-refractivity contribution in [2.45, 2.75) is 26.4 Å². The first-order chi connectivity index (χ1) is 9.71. The summed E-state index contributed by atoms with van der Waals surface area (Å²) in [5.41, 5.74) is 0.428. The van der Waals surface area contributed by atoms with Crippen LogP contribution in [-0.4, -0.2) is 43.9 Å². The van der Waals surface area contributed by atoms with Gasteiger partial charge in [0.25, 0.3) is 0 Å². The molecule has 0 spiro atoms. The molecule has 0 heterocycles. The molecule has 0 aliphatic rings. The Kier molecular flexibility index (Phi) is 7.69. The van der Waals surface area contributed by atoms with Crippen LogP contribution in [-0.2, 0) is 4.74 Å². The van der Waals surface area contributed by atoms with Gasteiger partial charge in [-0.1, -0.05) is 6.92 Å². The van der Waals surface area contributed by atoms with Crippen LogP contribution in [0.2, 0.25) is 0 Å². The third-order valence-electron chi connectivity index (χ3n) is 2.53. The number of benzene rings is 1. The molecule has 0 aromatic heterocycles. The fourth-order valence-corrected chi connectivity index (χ4v) is 1.53. The lowest BCUT2D eigenvalue weighted by atomic mass is 10.2. The highest BCUT2D eigenvalue weighted by Gasteiger charge is 2.09. The lowest BCUT2D eigenvalue weighted by Crippen LogP contribution is -2.23. The molecule has 1 aromatic rings. The molecule has 20 heavy (non-hydrogen) atoms. The summed E-state index contributed by atoms with van der Waals surface area (Å²) in [5.74, 6) is 1.05. The Morgan fingerprint density at radius 3 is 2.70 bits per heavy atom. The second-order valence-corrected chi connectivity index (χ2v) is 4.29. The lowest BCUT2D eigenvalue weighted by molar-refractivity contribution is 0.0163. The minimum Gasteiger partial charge on any atom is -0.493 e. The van der Waals surface area contributed by atoms with E-state index in [1.807, 2.05) is 13.8 Å². The monoisotopic (exact) mass is 282 g/mol. The highest BCUT2D eigenvalue weighted by molar-refractivity contribution is 5.79. The molecule has 1 aromatic carbocycles. The largest absolute Gasteiger partial charge is 0.493 e. The van der Waals surface area contributed by atoms with Gasteiger partial charge < -0.3 is 19.3 Å². The maximum absolute atomic E-state index is 11.0. The number of aldehydes is 1. The molecule has 0 amide bonds. The molecular formula is C15H22O5. The maximum Gasteiger partial charge on any atom is 0.153 e. The summed E-state index contributed by atoms with van der Waals surface area (Å²) in [6.45, 7) is 5.29. The Balaban J connectivity index is 2.63. The van der Waals surface area contributed by atoms with Crippen LogP contribution in [0.3, 0.4) is 0 Å². The zero-order valence-corrected chi connectivity index (χ0v) is 12.0. The first-order valence-corrected chi connectivity index (χ1v) is 6.81. The van der Waals surface area contributed by atoms with E-state index in [0.29, 0.717) is 36.6 Å². The molecule has 0 radical (unpaired) electrons. The Hall–Kier alpha value is -1.59. The van der Waals surface area contributed by atoms with Crippen LogP contribution >= 0.6 is 0 Å². The zero-order valence-electron chi connectivity index (χ0n) is 12.0. The van der Waals surface area contributed by atoms with Crippen LogP contribution in [0, 0.1) is 0 Å². The van der Waals surface area contributed by atoms with Crippen molar-refractivity contribution in [1.29, 1.82) is 0 Å². The van der Waals surface area contributed by atoms with Crippen LogP contribution in [0.1, 0.15) is 30.6 Å². The average Bonchev–Trinajstić information content (AvgIpc) is 2.48. The summed E-state index contributed by atoms with van der Waals surface area (Å²) >= 11 is 0. The van der Waals surface area contributed by atoms with Crippen molar-refractivity contribution < 1.29 is 24.1 Å². The average molecular weight is 282 g/mol. The summed E-state index contributed by atoms with van der Waals surface area (Å²) in [6.07, 6.45) is 0.890. The van der Waals surface area contributed by atoms with Gasteiger partial charge in [-0.3, -0.25) is 4.79 Å². The molecule has 0 fully saturated rings. The standard InChI is InChI=1S/C15H22O5/c1-3-7-19-14-6-5-12(9-16)15(8-14)20-11-13(17)10-18-4-2/h5-6,8-9,13,17H,3-4,7,10-11H2,1-2H3. The van der Waals surface area contributed by atoms with Crippen molar-refractivity contribution in [1.82, 2.24) is 0 Å². The number of carbonyl (C=O) groups excluding carboxylic acids is 1. The molecule has 0 saturated carbocycles. The van der Waals surface area contributed by atoms with E-state index in [9.17, 15) is 9.90 Å². The second-order valence-electron chi connectivity index (χ2n) is 4.29. The first kappa shape index (κ1) is 16.5. The summed E-state index contributed by atoms with van der Waals surface area (Å²) in [6, 6.07) is 5.03. The molecule has 5 heteroatoms. The van der Waals surface area contributed by atoms with Crippen molar-refractivity contribution in [3.05, 3.63) is 23.8 Å². The maximum atomic E-state index is 11.0. The van der Waals surface area contributed by atoms with Gasteiger partial charge in [0.05, 0.1) is 18.8 Å². The van der Waals surface area contributed by atoms with Gasteiger partial charge in [0.1, 0.15) is 24.2 Å². The molecule has 1 rings (SSSR count). The topological polar surface area (TPSA) is 65.0 Å². The molecule has 112 valence electrons. The minimum absolute atomic E-state index is 0.0675. The predicted molar refractivity (Wildman–Crippen MR) is 75.6 cm³/mol. The van der Waals surface area contributed by atoms with Crippen LogP contribution in [0.15, 0.2) is 18.2 Å². The fourth-order valence-electron chi connectivity index (χ4n) is 1.53. The number of hydrogen-bond donors (Lipinski definition) is 1. The van der Waals surface area contributed by atoms with Gasteiger partial charge in [-0.2, -0.15) is 0 Å². The van der Waals surface area contributed by atoms with E-state index in [1.54, 1.807) is 18.2 Å². The molecule has 1 N–H and O–H groups in total. The first-order valence-electron chi connectivity index (χ1n) is 6.81. The number of aliphatic hydroxyl groups excluding tert-OH is 1. The normalized spacial score (nSPS) is 11.9. The van der Waals surface area contributed by atoms with Crippen molar-refractivity contribution in [3.8, 4) is 11.5 Å². The van der Waals surface area contributed by atoms with E-state index >= 15 is 0 Å². The smallest absolute Gasteiger partial charge is 0.153 e. The molecule has 0 aliphatic carbocycles. The van der Waals surface area contributed by atoms with Gasteiger partial charge >= 0.3 is 0 Å². The molecular weight excluding hydrogens is 260 g/mol. The third kappa shape index (κ3) is 5.59. The van der Waals surface area contributed by atoms with Gasteiger partial charge in [0.2, 0.25) is 0 Å². The minimum atomic E-state index is -0.727. The van der Waals surface area contributed by atoms with Crippen molar-refractivity contribution >= 4 is 6.29 Å². The van der Waals surface area contributed by atoms with Crippen molar-refractivity contribution in [2.75, 3.05) is 26.4 Å². The van der Waals surface area contributed by atoms with Crippen LogP contribution < -0.4 is 9.47 Å². The number of ether oxygens (including phenoxy) is 3. The molecule has 0 aliphatic heterocycles. The number of rotatable bonds is 10. The molecule has 0 bridgehead atoms. The number of carbonyl (C=O) groups is 1. The summed E-state index contributed by atoms with van der Waals surface area (Å²) in [4.78, 5) is 11.0. The van der Waals surface area contributed by atoms with Crippen LogP contribution in [0.4, 0.5) is 0 Å². The SMILES string of the molecule is CCCOc1ccc(C=O)c(OCC(O)COCC)c1. The van der Waals surface area contributed by atoms with Crippen molar-refractivity contribution in [2.24, 2.45) is 0 Å². The molecule has 5 nitrogen and oxygen atoms in total. The van der Waals surface area contributed by atoms with Gasteiger partial charge in [-0.25, -0.2) is 0 Å². The molecule has 1 unspecified atom stereocenters. The Morgan fingerprint density at radius 1 is 1.25 bits per heavy atom. The summed E-state index contributed by atoms with van der Waals surface area (Å²) in [7, 11) is 0. The van der Waals surface area contributed by atoms with Gasteiger partial charge in [-0.05, 0) is 25.5 Å². The predicted octanol–water partition coefficient (Wildman–Crippen LogP) is 2.06. The Bertz CT molecular complexity index is 405. The summed E-state index contributed by atoms with van der Waals surface area (Å²) < 4.78 is 16.0. The lowest BCUT2D eigenvalue weighted by Gasteiger charge is -2.14. The second kappa shape index (κ2) is 9.34. The Morgan fingerprint density at radius 2 is 2.05 bits per heavy atom. The van der Waals surface area contributed by atoms with E-state index in [-0.39, 0.29) is 13.2 Å². The molecule has 0 saturated heterocycles. The van der Waals surface area contributed by atoms with E-state index in [0.717, 1.165) is 6.42 Å². The van der Waals surface area contributed by atoms with E-state index in [2.05, 4.69) is 0 Å². The zero-order chi connectivity index (χ0) is 14.8. The molecule has 1 atom stereocenters. The highest BCUT2D eigenvalue weighted by Crippen LogP contribution is 2.24. The Labute approximate surface area is 119 Å². The number of hydrogen-bond acceptors (Lipinski definition) is 5. The van der Waals surface area contributed by atoms with Crippen molar-refractivity contribution in [3.63, 3.8) is 0 Å². The third-order valence-corrected chi connectivity index (χ3v) is 2.53.